The predicted molar refractivity (Wildman–Crippen MR) is 96.2 cm³/mol. The number of hydrogen-bond donors (Lipinski definition) is 0. The minimum Gasteiger partial charge on any atom is -0.376 e. The first kappa shape index (κ1) is 17.2. The Bertz CT molecular complexity index is 752. The van der Waals surface area contributed by atoms with Gasteiger partial charge in [0, 0.05) is 25.3 Å². The van der Waals surface area contributed by atoms with Crippen molar-refractivity contribution in [3.63, 3.8) is 0 Å². The quantitative estimate of drug-likeness (QED) is 0.761. The lowest BCUT2D eigenvalue weighted by Crippen LogP contribution is -2.30. The zero-order chi connectivity index (χ0) is 17.5. The first-order valence-electron chi connectivity index (χ1n) is 8.71. The van der Waals surface area contributed by atoms with Crippen LogP contribution in [0.25, 0.3) is 0 Å². The van der Waals surface area contributed by atoms with Crippen molar-refractivity contribution in [1.29, 1.82) is 5.26 Å². The first-order chi connectivity index (χ1) is 12.3. The van der Waals surface area contributed by atoms with Gasteiger partial charge in [-0.2, -0.15) is 5.26 Å². The molecule has 2 aromatic carbocycles. The van der Waals surface area contributed by atoms with Gasteiger partial charge >= 0.3 is 0 Å². The maximum Gasteiger partial charge on any atom is 0.253 e. The van der Waals surface area contributed by atoms with Crippen LogP contribution in [0.1, 0.15) is 34.3 Å². The largest absolute Gasteiger partial charge is 0.376 e. The predicted octanol–water partition coefficient (Wildman–Crippen LogP) is 3.42. The van der Waals surface area contributed by atoms with Gasteiger partial charge in [0.05, 0.1) is 17.7 Å². The molecule has 3 rings (SSSR count). The van der Waals surface area contributed by atoms with E-state index in [2.05, 4.69) is 30.3 Å². The molecule has 1 amide bonds. The molecule has 1 aliphatic heterocycles. The van der Waals surface area contributed by atoms with E-state index < -0.39 is 0 Å². The molecule has 25 heavy (non-hydrogen) atoms. The van der Waals surface area contributed by atoms with Crippen LogP contribution in [0.5, 0.6) is 0 Å². The SMILES string of the molecule is N#Cc1cccc(C(=O)N2CC[C@@H](OCCCc3ccccc3)C2)c1. The Hall–Kier alpha value is -2.64. The number of nitrogens with zero attached hydrogens (tertiary/aromatic N) is 2. The standard InChI is InChI=1S/C21H22N2O2/c22-15-18-8-4-10-19(14-18)21(24)23-12-11-20(16-23)25-13-5-9-17-6-2-1-3-7-17/h1-4,6-8,10,14,20H,5,9,11-13,16H2/t20-/m1/s1. The number of amides is 1. The minimum atomic E-state index is -0.0208. The molecule has 128 valence electrons. The lowest BCUT2D eigenvalue weighted by atomic mass is 10.1. The summed E-state index contributed by atoms with van der Waals surface area (Å²) in [5, 5.41) is 8.96. The molecule has 4 heteroatoms. The van der Waals surface area contributed by atoms with Crippen molar-refractivity contribution in [2.24, 2.45) is 0 Å². The highest BCUT2D eigenvalue weighted by Crippen LogP contribution is 2.17. The zero-order valence-corrected chi connectivity index (χ0v) is 14.2. The van der Waals surface area contributed by atoms with E-state index in [9.17, 15) is 4.79 Å². The summed E-state index contributed by atoms with van der Waals surface area (Å²) in [5.41, 5.74) is 2.41. The number of benzene rings is 2. The molecule has 0 spiro atoms. The first-order valence-corrected chi connectivity index (χ1v) is 8.71. The monoisotopic (exact) mass is 334 g/mol. The highest BCUT2D eigenvalue weighted by atomic mass is 16.5. The molecule has 4 nitrogen and oxygen atoms in total. The number of ether oxygens (including phenoxy) is 1. The summed E-state index contributed by atoms with van der Waals surface area (Å²) in [5.74, 6) is -0.0208. The summed E-state index contributed by atoms with van der Waals surface area (Å²) >= 11 is 0. The van der Waals surface area contributed by atoms with E-state index in [1.54, 1.807) is 24.3 Å². The van der Waals surface area contributed by atoms with Gasteiger partial charge in [-0.05, 0) is 43.0 Å². The van der Waals surface area contributed by atoms with E-state index in [1.807, 2.05) is 11.0 Å². The number of nitriles is 1. The van der Waals surface area contributed by atoms with Gasteiger partial charge in [0.1, 0.15) is 0 Å². The second-order valence-electron chi connectivity index (χ2n) is 6.31. The van der Waals surface area contributed by atoms with Crippen molar-refractivity contribution < 1.29 is 9.53 Å². The second-order valence-corrected chi connectivity index (χ2v) is 6.31. The van der Waals surface area contributed by atoms with Crippen LogP contribution in [0.15, 0.2) is 54.6 Å². The Balaban J connectivity index is 1.43. The summed E-state index contributed by atoms with van der Waals surface area (Å²) in [6, 6.07) is 19.3. The smallest absolute Gasteiger partial charge is 0.253 e. The van der Waals surface area contributed by atoms with Crippen molar-refractivity contribution in [3.8, 4) is 6.07 Å². The second kappa shape index (κ2) is 8.46. The molecule has 0 N–H and O–H groups in total. The van der Waals surface area contributed by atoms with Crippen LogP contribution in [-0.4, -0.2) is 36.6 Å². The van der Waals surface area contributed by atoms with E-state index in [0.29, 0.717) is 30.8 Å². The maximum absolute atomic E-state index is 12.5. The zero-order valence-electron chi connectivity index (χ0n) is 14.2. The average Bonchev–Trinajstić information content (AvgIpc) is 3.14. The van der Waals surface area contributed by atoms with Crippen molar-refractivity contribution >= 4 is 5.91 Å². The fourth-order valence-corrected chi connectivity index (χ4v) is 3.12. The Morgan fingerprint density at radius 1 is 1.20 bits per heavy atom. The van der Waals surface area contributed by atoms with E-state index in [0.717, 1.165) is 19.3 Å². The van der Waals surface area contributed by atoms with E-state index in [1.165, 1.54) is 5.56 Å². The highest BCUT2D eigenvalue weighted by Gasteiger charge is 2.27. The van der Waals surface area contributed by atoms with Crippen molar-refractivity contribution in [1.82, 2.24) is 4.90 Å². The third-order valence-corrected chi connectivity index (χ3v) is 4.48. The Morgan fingerprint density at radius 2 is 2.04 bits per heavy atom. The Kier molecular flexibility index (Phi) is 5.81. The Morgan fingerprint density at radius 3 is 2.84 bits per heavy atom. The fraction of sp³-hybridized carbons (Fsp3) is 0.333. The lowest BCUT2D eigenvalue weighted by molar-refractivity contribution is 0.0525. The number of aryl methyl sites for hydroxylation is 1. The van der Waals surface area contributed by atoms with Gasteiger partial charge in [0.25, 0.3) is 5.91 Å². The molecular weight excluding hydrogens is 312 g/mol. The fourth-order valence-electron chi connectivity index (χ4n) is 3.12. The summed E-state index contributed by atoms with van der Waals surface area (Å²) in [6.07, 6.45) is 2.98. The van der Waals surface area contributed by atoms with Crippen LogP contribution in [0.4, 0.5) is 0 Å². The van der Waals surface area contributed by atoms with Gasteiger partial charge < -0.3 is 9.64 Å². The third kappa shape index (κ3) is 4.68. The summed E-state index contributed by atoms with van der Waals surface area (Å²) in [6.45, 7) is 2.05. The van der Waals surface area contributed by atoms with Crippen LogP contribution >= 0.6 is 0 Å². The van der Waals surface area contributed by atoms with Crippen molar-refractivity contribution in [3.05, 3.63) is 71.3 Å². The topological polar surface area (TPSA) is 53.3 Å². The molecule has 0 radical (unpaired) electrons. The molecule has 1 fully saturated rings. The highest BCUT2D eigenvalue weighted by molar-refractivity contribution is 5.94. The van der Waals surface area contributed by atoms with Gasteiger partial charge in [-0.25, -0.2) is 0 Å². The molecule has 1 heterocycles. The van der Waals surface area contributed by atoms with Crippen molar-refractivity contribution in [2.75, 3.05) is 19.7 Å². The van der Waals surface area contributed by atoms with E-state index >= 15 is 0 Å². The van der Waals surface area contributed by atoms with Gasteiger partial charge in [0.15, 0.2) is 0 Å². The molecule has 1 saturated heterocycles. The maximum atomic E-state index is 12.5. The van der Waals surface area contributed by atoms with Gasteiger partial charge in [-0.1, -0.05) is 36.4 Å². The van der Waals surface area contributed by atoms with Gasteiger partial charge in [-0.3, -0.25) is 4.79 Å². The molecule has 1 atom stereocenters. The van der Waals surface area contributed by atoms with Crippen LogP contribution in [0.2, 0.25) is 0 Å². The summed E-state index contributed by atoms with van der Waals surface area (Å²) < 4.78 is 5.94. The van der Waals surface area contributed by atoms with E-state index in [-0.39, 0.29) is 12.0 Å². The number of rotatable bonds is 6. The average molecular weight is 334 g/mol. The number of likely N-dealkylation sites (tertiary alicyclic amines) is 1. The molecule has 2 aromatic rings. The van der Waals surface area contributed by atoms with Crippen molar-refractivity contribution in [2.45, 2.75) is 25.4 Å². The number of hydrogen-bond acceptors (Lipinski definition) is 3. The normalized spacial score (nSPS) is 16.6. The van der Waals surface area contributed by atoms with Crippen LogP contribution in [-0.2, 0) is 11.2 Å². The molecule has 0 bridgehead atoms. The third-order valence-electron chi connectivity index (χ3n) is 4.48. The molecule has 1 aliphatic rings. The van der Waals surface area contributed by atoms with E-state index in [4.69, 9.17) is 10.00 Å². The number of carbonyl (C=O) groups is 1. The molecular formula is C21H22N2O2. The number of carbonyl (C=O) groups excluding carboxylic acids is 1. The Labute approximate surface area is 148 Å². The minimum absolute atomic E-state index is 0.0208. The van der Waals surface area contributed by atoms with Crippen LogP contribution in [0, 0.1) is 11.3 Å². The van der Waals surface area contributed by atoms with Gasteiger partial charge in [-0.15, -0.1) is 0 Å². The molecule has 0 unspecified atom stereocenters. The molecule has 0 saturated carbocycles. The van der Waals surface area contributed by atoms with Crippen LogP contribution < -0.4 is 0 Å². The molecule has 0 aromatic heterocycles. The van der Waals surface area contributed by atoms with Gasteiger partial charge in [0.2, 0.25) is 0 Å². The lowest BCUT2D eigenvalue weighted by Gasteiger charge is -2.17. The molecule has 0 aliphatic carbocycles. The van der Waals surface area contributed by atoms with Crippen LogP contribution in [0.3, 0.4) is 0 Å². The summed E-state index contributed by atoms with van der Waals surface area (Å²) in [7, 11) is 0. The summed E-state index contributed by atoms with van der Waals surface area (Å²) in [4.78, 5) is 14.4.